The first-order valence-electron chi connectivity index (χ1n) is 9.39. The van der Waals surface area contributed by atoms with Gasteiger partial charge in [0.2, 0.25) is 0 Å². The van der Waals surface area contributed by atoms with Gasteiger partial charge in [-0.3, -0.25) is 0 Å². The van der Waals surface area contributed by atoms with Gasteiger partial charge >= 0.3 is 0 Å². The van der Waals surface area contributed by atoms with Crippen molar-refractivity contribution in [1.29, 1.82) is 0 Å². The smallest absolute Gasteiger partial charge is 0.0584 e. The van der Waals surface area contributed by atoms with Gasteiger partial charge in [-0.15, -0.1) is 0 Å². The molecule has 1 unspecified atom stereocenters. The predicted molar refractivity (Wildman–Crippen MR) is 93.6 cm³/mol. The van der Waals surface area contributed by atoms with Crippen LogP contribution in [-0.4, -0.2) is 30.8 Å². The van der Waals surface area contributed by atoms with Gasteiger partial charge < -0.3 is 16.2 Å². The molecule has 3 heteroatoms. The Morgan fingerprint density at radius 1 is 0.810 bits per heavy atom. The highest BCUT2D eigenvalue weighted by atomic mass is 16.3. The molecule has 0 aromatic heterocycles. The number of rotatable bonds is 17. The number of aliphatic hydroxyl groups excluding tert-OH is 1. The Hall–Kier alpha value is -0.120. The summed E-state index contributed by atoms with van der Waals surface area (Å²) in [6, 6.07) is 0.247. The zero-order valence-corrected chi connectivity index (χ0v) is 14.4. The molecule has 0 aliphatic rings. The number of hydrogen-bond donors (Lipinski definition) is 3. The fourth-order valence-corrected chi connectivity index (χ4v) is 2.78. The molecule has 21 heavy (non-hydrogen) atoms. The maximum absolute atomic E-state index is 9.23. The van der Waals surface area contributed by atoms with Crippen LogP contribution in [0.5, 0.6) is 0 Å². The van der Waals surface area contributed by atoms with E-state index in [0.717, 1.165) is 13.0 Å². The van der Waals surface area contributed by atoms with Crippen molar-refractivity contribution in [3.05, 3.63) is 0 Å². The quantitative estimate of drug-likeness (QED) is 0.356. The summed E-state index contributed by atoms with van der Waals surface area (Å²) < 4.78 is 0. The van der Waals surface area contributed by atoms with Crippen molar-refractivity contribution in [1.82, 2.24) is 5.32 Å². The fourth-order valence-electron chi connectivity index (χ4n) is 2.78. The van der Waals surface area contributed by atoms with Gasteiger partial charge in [0, 0.05) is 19.1 Å². The molecule has 3 nitrogen and oxygen atoms in total. The van der Waals surface area contributed by atoms with Crippen LogP contribution in [0.4, 0.5) is 0 Å². The Kier molecular flexibility index (Phi) is 17.8. The van der Waals surface area contributed by atoms with Gasteiger partial charge in [-0.2, -0.15) is 0 Å². The van der Waals surface area contributed by atoms with Crippen LogP contribution in [0.3, 0.4) is 0 Å². The molecule has 0 aliphatic carbocycles. The summed E-state index contributed by atoms with van der Waals surface area (Å²) in [6.07, 6.45) is 17.7. The molecule has 0 fully saturated rings. The number of unbranched alkanes of at least 4 members (excludes halogenated alkanes) is 11. The van der Waals surface area contributed by atoms with Gasteiger partial charge in [-0.1, -0.05) is 84.0 Å². The Morgan fingerprint density at radius 3 is 1.71 bits per heavy atom. The van der Waals surface area contributed by atoms with E-state index in [4.69, 9.17) is 5.73 Å². The lowest BCUT2D eigenvalue weighted by Crippen LogP contribution is -2.35. The van der Waals surface area contributed by atoms with Gasteiger partial charge in [-0.05, 0) is 6.42 Å². The van der Waals surface area contributed by atoms with E-state index in [1.807, 2.05) is 0 Å². The van der Waals surface area contributed by atoms with Crippen molar-refractivity contribution < 1.29 is 5.11 Å². The maximum atomic E-state index is 9.23. The summed E-state index contributed by atoms with van der Waals surface area (Å²) in [4.78, 5) is 0. The first-order valence-corrected chi connectivity index (χ1v) is 9.39. The van der Waals surface area contributed by atoms with Crippen LogP contribution in [0.2, 0.25) is 0 Å². The number of nitrogens with two attached hydrogens (primary N) is 1. The lowest BCUT2D eigenvalue weighted by molar-refractivity contribution is 0.234. The summed E-state index contributed by atoms with van der Waals surface area (Å²) in [7, 11) is 0. The topological polar surface area (TPSA) is 58.3 Å². The van der Waals surface area contributed by atoms with Crippen molar-refractivity contribution in [3.63, 3.8) is 0 Å². The molecule has 0 amide bonds. The maximum Gasteiger partial charge on any atom is 0.0584 e. The lowest BCUT2D eigenvalue weighted by Gasteiger charge is -2.15. The molecule has 0 aromatic rings. The summed E-state index contributed by atoms with van der Waals surface area (Å²) in [5, 5.41) is 12.5. The molecule has 4 N–H and O–H groups in total. The molecule has 1 atom stereocenters. The second-order valence-electron chi connectivity index (χ2n) is 6.30. The Morgan fingerprint density at radius 2 is 1.29 bits per heavy atom. The third-order valence-electron chi connectivity index (χ3n) is 4.20. The van der Waals surface area contributed by atoms with Crippen molar-refractivity contribution >= 4 is 0 Å². The van der Waals surface area contributed by atoms with E-state index >= 15 is 0 Å². The molecular formula is C18H40N2O. The minimum atomic E-state index is 0.234. The zero-order chi connectivity index (χ0) is 15.6. The second-order valence-corrected chi connectivity index (χ2v) is 6.30. The van der Waals surface area contributed by atoms with Crippen LogP contribution in [0.15, 0.2) is 0 Å². The molecule has 0 rings (SSSR count). The van der Waals surface area contributed by atoms with Crippen molar-refractivity contribution in [2.45, 2.75) is 96.4 Å². The van der Waals surface area contributed by atoms with Crippen LogP contribution in [0, 0.1) is 0 Å². The Balaban J connectivity index is 3.14. The van der Waals surface area contributed by atoms with E-state index in [0.29, 0.717) is 6.54 Å². The molecular weight excluding hydrogens is 260 g/mol. The average molecular weight is 301 g/mol. The SMILES string of the molecule is CCCCCCCCCCCCCCC(CO)NCCN. The standard InChI is InChI=1S/C18H40N2O/c1-2-3-4-5-6-7-8-9-10-11-12-13-14-18(17-21)20-16-15-19/h18,20-21H,2-17,19H2,1H3. The monoisotopic (exact) mass is 300 g/mol. The molecule has 128 valence electrons. The highest BCUT2D eigenvalue weighted by Gasteiger charge is 2.04. The lowest BCUT2D eigenvalue weighted by atomic mass is 10.0. The van der Waals surface area contributed by atoms with Gasteiger partial charge in [0.05, 0.1) is 6.61 Å². The van der Waals surface area contributed by atoms with Crippen molar-refractivity contribution in [3.8, 4) is 0 Å². The molecule has 0 heterocycles. The van der Waals surface area contributed by atoms with Crippen molar-refractivity contribution in [2.24, 2.45) is 5.73 Å². The van der Waals surface area contributed by atoms with E-state index < -0.39 is 0 Å². The minimum absolute atomic E-state index is 0.234. The average Bonchev–Trinajstić information content (AvgIpc) is 2.51. The van der Waals surface area contributed by atoms with Crippen LogP contribution in [0.25, 0.3) is 0 Å². The molecule has 0 saturated carbocycles. The molecule has 0 spiro atoms. The van der Waals surface area contributed by atoms with Gasteiger partial charge in [-0.25, -0.2) is 0 Å². The van der Waals surface area contributed by atoms with E-state index in [-0.39, 0.29) is 12.6 Å². The minimum Gasteiger partial charge on any atom is -0.395 e. The third-order valence-corrected chi connectivity index (χ3v) is 4.20. The van der Waals surface area contributed by atoms with Gasteiger partial charge in [0.1, 0.15) is 0 Å². The third kappa shape index (κ3) is 16.1. The molecule has 0 aromatic carbocycles. The summed E-state index contributed by atoms with van der Waals surface area (Å²) in [5.41, 5.74) is 5.46. The normalized spacial score (nSPS) is 12.7. The summed E-state index contributed by atoms with van der Waals surface area (Å²) in [6.45, 7) is 3.97. The summed E-state index contributed by atoms with van der Waals surface area (Å²) >= 11 is 0. The highest BCUT2D eigenvalue weighted by Crippen LogP contribution is 2.12. The van der Waals surface area contributed by atoms with Crippen molar-refractivity contribution in [2.75, 3.05) is 19.7 Å². The molecule has 0 bridgehead atoms. The van der Waals surface area contributed by atoms with E-state index in [2.05, 4.69) is 12.2 Å². The zero-order valence-electron chi connectivity index (χ0n) is 14.4. The van der Waals surface area contributed by atoms with Crippen LogP contribution in [-0.2, 0) is 0 Å². The van der Waals surface area contributed by atoms with Crippen LogP contribution in [0.1, 0.15) is 90.4 Å². The van der Waals surface area contributed by atoms with Gasteiger partial charge in [0.15, 0.2) is 0 Å². The molecule has 0 radical (unpaired) electrons. The first-order chi connectivity index (χ1) is 10.3. The summed E-state index contributed by atoms with van der Waals surface area (Å²) in [5.74, 6) is 0. The number of hydrogen-bond acceptors (Lipinski definition) is 3. The van der Waals surface area contributed by atoms with E-state index in [1.54, 1.807) is 0 Å². The van der Waals surface area contributed by atoms with E-state index in [9.17, 15) is 5.11 Å². The molecule has 0 aliphatic heterocycles. The van der Waals surface area contributed by atoms with Crippen LogP contribution >= 0.6 is 0 Å². The first kappa shape index (κ1) is 20.9. The fraction of sp³-hybridized carbons (Fsp3) is 1.00. The molecule has 0 saturated heterocycles. The van der Waals surface area contributed by atoms with Gasteiger partial charge in [0.25, 0.3) is 0 Å². The second kappa shape index (κ2) is 17.9. The Labute approximate surface area is 133 Å². The number of nitrogens with one attached hydrogen (secondary N) is 1. The largest absolute Gasteiger partial charge is 0.395 e. The van der Waals surface area contributed by atoms with E-state index in [1.165, 1.54) is 77.0 Å². The Bertz CT molecular complexity index is 188. The predicted octanol–water partition coefficient (Wildman–Crippen LogP) is 3.99. The van der Waals surface area contributed by atoms with Crippen LogP contribution < -0.4 is 11.1 Å². The number of aliphatic hydroxyl groups is 1. The highest BCUT2D eigenvalue weighted by molar-refractivity contribution is 4.65.